The number of rotatable bonds is 5. The average molecular weight is 477 g/mol. The number of carboxylic acid groups (broad SMARTS) is 1. The van der Waals surface area contributed by atoms with Gasteiger partial charge in [0.15, 0.2) is 5.78 Å². The van der Waals surface area contributed by atoms with Crippen molar-refractivity contribution in [3.63, 3.8) is 0 Å². The van der Waals surface area contributed by atoms with Gasteiger partial charge in [0.25, 0.3) is 0 Å². The van der Waals surface area contributed by atoms with Crippen LogP contribution in [0.25, 0.3) is 16.5 Å². The van der Waals surface area contributed by atoms with Crippen molar-refractivity contribution in [1.82, 2.24) is 4.57 Å². The van der Waals surface area contributed by atoms with Gasteiger partial charge < -0.3 is 14.4 Å². The molecule has 1 heterocycles. The molecule has 0 radical (unpaired) electrons. The number of fused-ring (bicyclic) bond motifs is 1. The first kappa shape index (κ1) is 23.2. The fourth-order valence-corrected chi connectivity index (χ4v) is 3.95. The molecule has 10 heteroatoms. The Morgan fingerprint density at radius 2 is 1.88 bits per heavy atom. The predicted molar refractivity (Wildman–Crippen MR) is 112 cm³/mol. The van der Waals surface area contributed by atoms with Crippen LogP contribution in [0.5, 0.6) is 5.75 Å². The first-order valence-corrected chi connectivity index (χ1v) is 9.98. The monoisotopic (exact) mass is 477 g/mol. The van der Waals surface area contributed by atoms with Crippen LogP contribution < -0.4 is 4.74 Å². The number of benzene rings is 2. The van der Waals surface area contributed by atoms with E-state index in [2.05, 4.69) is 4.74 Å². The number of carbonyl (C=O) groups is 2. The number of ether oxygens (including phenoxy) is 1. The molecule has 176 valence electrons. The Balaban J connectivity index is 2.02. The molecule has 1 unspecified atom stereocenters. The second-order valence-corrected chi connectivity index (χ2v) is 7.70. The standard InChI is InChI=1S/C24H16F5NO4/c1-12-3-2-4-16(22(12)31)20-17-10-15(34-24(27,28)29)7-8-19(17)30(21(20)23(32)33)11-13-5-6-14(25)9-18(13)26/h2-10,12H,11H2,1H3,(H,32,33). The van der Waals surface area contributed by atoms with Crippen LogP contribution in [-0.2, 0) is 11.3 Å². The molecule has 0 spiro atoms. The molecule has 0 saturated heterocycles. The Morgan fingerprint density at radius 3 is 2.53 bits per heavy atom. The van der Waals surface area contributed by atoms with Gasteiger partial charge in [-0.15, -0.1) is 13.2 Å². The van der Waals surface area contributed by atoms with E-state index in [4.69, 9.17) is 0 Å². The molecule has 0 saturated carbocycles. The third-order valence-electron chi connectivity index (χ3n) is 5.43. The highest BCUT2D eigenvalue weighted by molar-refractivity contribution is 6.28. The smallest absolute Gasteiger partial charge is 0.477 e. The van der Waals surface area contributed by atoms with Crippen molar-refractivity contribution in [2.24, 2.45) is 5.92 Å². The highest BCUT2D eigenvalue weighted by atomic mass is 19.4. The summed E-state index contributed by atoms with van der Waals surface area (Å²) in [4.78, 5) is 25.2. The van der Waals surface area contributed by atoms with Crippen LogP contribution >= 0.6 is 0 Å². The number of aromatic carboxylic acids is 1. The maximum Gasteiger partial charge on any atom is 0.573 e. The van der Waals surface area contributed by atoms with E-state index < -0.39 is 47.1 Å². The molecule has 3 aromatic rings. The lowest BCUT2D eigenvalue weighted by atomic mass is 9.88. The molecule has 1 N–H and O–H groups in total. The first-order valence-electron chi connectivity index (χ1n) is 9.98. The molecule has 0 fully saturated rings. The minimum absolute atomic E-state index is 0.00349. The summed E-state index contributed by atoms with van der Waals surface area (Å²) in [5, 5.41) is 10.0. The Labute approximate surface area is 189 Å². The lowest BCUT2D eigenvalue weighted by molar-refractivity contribution is -0.274. The fraction of sp³-hybridized carbons (Fsp3) is 0.167. The number of halogens is 5. The SMILES string of the molecule is CC1C=CC=C(c2c(C(=O)O)n(Cc3ccc(F)cc3F)c3ccc(OC(F)(F)F)cc23)C1=O. The van der Waals surface area contributed by atoms with Gasteiger partial charge in [0.2, 0.25) is 0 Å². The van der Waals surface area contributed by atoms with Gasteiger partial charge in [-0.2, -0.15) is 0 Å². The summed E-state index contributed by atoms with van der Waals surface area (Å²) >= 11 is 0. The normalized spacial score (nSPS) is 16.1. The molecule has 1 aliphatic rings. The lowest BCUT2D eigenvalue weighted by Crippen LogP contribution is -2.17. The average Bonchev–Trinajstić information content (AvgIpc) is 3.04. The molecule has 0 aliphatic heterocycles. The maximum atomic E-state index is 14.4. The summed E-state index contributed by atoms with van der Waals surface area (Å²) in [6.45, 7) is 1.22. The zero-order valence-corrected chi connectivity index (χ0v) is 17.5. The number of allylic oxidation sites excluding steroid dienone is 4. The summed E-state index contributed by atoms with van der Waals surface area (Å²) < 4.78 is 71.3. The highest BCUT2D eigenvalue weighted by Crippen LogP contribution is 2.38. The van der Waals surface area contributed by atoms with Crippen LogP contribution in [0.15, 0.2) is 54.6 Å². The number of aromatic nitrogens is 1. The Kier molecular flexibility index (Phi) is 5.76. The van der Waals surface area contributed by atoms with E-state index in [9.17, 15) is 36.6 Å². The molecule has 2 aromatic carbocycles. The van der Waals surface area contributed by atoms with Crippen LogP contribution in [0, 0.1) is 17.6 Å². The van der Waals surface area contributed by atoms with Crippen molar-refractivity contribution < 1.29 is 41.4 Å². The third kappa shape index (κ3) is 4.30. The number of ketones is 1. The maximum absolute atomic E-state index is 14.4. The molecule has 1 atom stereocenters. The Bertz CT molecular complexity index is 1380. The van der Waals surface area contributed by atoms with E-state index in [0.29, 0.717) is 6.07 Å². The molecular formula is C24H16F5NO4. The van der Waals surface area contributed by atoms with Gasteiger partial charge in [-0.25, -0.2) is 13.6 Å². The largest absolute Gasteiger partial charge is 0.573 e. The number of hydrogen-bond donors (Lipinski definition) is 1. The van der Waals surface area contributed by atoms with Gasteiger partial charge in [-0.05, 0) is 24.3 Å². The number of hydrogen-bond acceptors (Lipinski definition) is 3. The van der Waals surface area contributed by atoms with Crippen LogP contribution in [0.1, 0.15) is 28.5 Å². The zero-order chi connectivity index (χ0) is 24.8. The van der Waals surface area contributed by atoms with E-state index in [1.807, 2.05) is 0 Å². The topological polar surface area (TPSA) is 68.5 Å². The molecule has 1 aromatic heterocycles. The van der Waals surface area contributed by atoms with Crippen molar-refractivity contribution in [3.05, 3.63) is 83.1 Å². The van der Waals surface area contributed by atoms with Gasteiger partial charge >= 0.3 is 12.3 Å². The number of Topliss-reactive ketones (excluding diaryl/α,β-unsaturated/α-hetero) is 1. The van der Waals surface area contributed by atoms with Gasteiger partial charge in [0.1, 0.15) is 23.1 Å². The van der Waals surface area contributed by atoms with Crippen molar-refractivity contribution in [2.45, 2.75) is 19.8 Å². The molecule has 5 nitrogen and oxygen atoms in total. The molecular weight excluding hydrogens is 461 g/mol. The van der Waals surface area contributed by atoms with Crippen molar-refractivity contribution in [3.8, 4) is 5.75 Å². The van der Waals surface area contributed by atoms with E-state index in [-0.39, 0.29) is 34.1 Å². The summed E-state index contributed by atoms with van der Waals surface area (Å²) in [6.07, 6.45) is -0.479. The molecule has 4 rings (SSSR count). The van der Waals surface area contributed by atoms with Crippen LogP contribution in [-0.4, -0.2) is 27.8 Å². The molecule has 0 amide bonds. The van der Waals surface area contributed by atoms with Crippen LogP contribution in [0.3, 0.4) is 0 Å². The van der Waals surface area contributed by atoms with Gasteiger partial charge in [0, 0.05) is 39.6 Å². The van der Waals surface area contributed by atoms with Gasteiger partial charge in [-0.1, -0.05) is 31.2 Å². The number of nitrogens with zero attached hydrogens (tertiary/aromatic N) is 1. The highest BCUT2D eigenvalue weighted by Gasteiger charge is 2.33. The lowest BCUT2D eigenvalue weighted by Gasteiger charge is -2.15. The molecule has 0 bridgehead atoms. The van der Waals surface area contributed by atoms with E-state index in [1.165, 1.54) is 12.1 Å². The van der Waals surface area contributed by atoms with Crippen LogP contribution in [0.4, 0.5) is 22.0 Å². The van der Waals surface area contributed by atoms with Crippen molar-refractivity contribution >= 4 is 28.2 Å². The van der Waals surface area contributed by atoms with Crippen molar-refractivity contribution in [1.29, 1.82) is 0 Å². The van der Waals surface area contributed by atoms with Crippen molar-refractivity contribution in [2.75, 3.05) is 0 Å². The van der Waals surface area contributed by atoms with E-state index in [1.54, 1.807) is 19.1 Å². The molecule has 34 heavy (non-hydrogen) atoms. The predicted octanol–water partition coefficient (Wildman–Crippen LogP) is 5.72. The summed E-state index contributed by atoms with van der Waals surface area (Å²) in [6, 6.07) is 5.94. The van der Waals surface area contributed by atoms with Crippen LogP contribution in [0.2, 0.25) is 0 Å². The minimum atomic E-state index is -5.00. The van der Waals surface area contributed by atoms with Gasteiger partial charge in [-0.3, -0.25) is 4.79 Å². The Hall–Kier alpha value is -3.95. The van der Waals surface area contributed by atoms with E-state index >= 15 is 0 Å². The number of alkyl halides is 3. The zero-order valence-electron chi connectivity index (χ0n) is 17.5. The second kappa shape index (κ2) is 8.44. The summed E-state index contributed by atoms with van der Waals surface area (Å²) in [5.41, 5.74) is -0.481. The second-order valence-electron chi connectivity index (χ2n) is 7.70. The Morgan fingerprint density at radius 1 is 1.15 bits per heavy atom. The summed E-state index contributed by atoms with van der Waals surface area (Å²) in [5.74, 6) is -4.88. The fourth-order valence-electron chi connectivity index (χ4n) is 3.95. The minimum Gasteiger partial charge on any atom is -0.477 e. The number of carbonyl (C=O) groups excluding carboxylic acids is 1. The third-order valence-corrected chi connectivity index (χ3v) is 5.43. The first-order chi connectivity index (χ1) is 16.0. The van der Waals surface area contributed by atoms with Gasteiger partial charge in [0.05, 0.1) is 6.54 Å². The molecule has 1 aliphatic carbocycles. The number of carboxylic acids is 1. The quantitative estimate of drug-likeness (QED) is 0.477. The van der Waals surface area contributed by atoms with E-state index in [0.717, 1.165) is 28.8 Å². The summed E-state index contributed by atoms with van der Waals surface area (Å²) in [7, 11) is 0.